The Morgan fingerprint density at radius 1 is 1.03 bits per heavy atom. The molecule has 1 aliphatic rings. The Bertz CT molecular complexity index is 1490. The maximum absolute atomic E-state index is 12.6. The zero-order valence-electron chi connectivity index (χ0n) is 22.7. The number of nitrogens with two attached hydrogens (primary N) is 1. The van der Waals surface area contributed by atoms with Gasteiger partial charge in [-0.15, -0.1) is 0 Å². The van der Waals surface area contributed by atoms with E-state index in [0.29, 0.717) is 6.54 Å². The number of benzene rings is 2. The quantitative estimate of drug-likeness (QED) is 0.238. The molecule has 0 bridgehead atoms. The third-order valence-electron chi connectivity index (χ3n) is 7.27. The van der Waals surface area contributed by atoms with Crippen LogP contribution < -0.4 is 11.1 Å². The van der Waals surface area contributed by atoms with Crippen molar-refractivity contribution < 1.29 is 9.53 Å². The van der Waals surface area contributed by atoms with Crippen molar-refractivity contribution in [3.8, 4) is 22.4 Å². The van der Waals surface area contributed by atoms with E-state index in [-0.39, 0.29) is 12.0 Å². The van der Waals surface area contributed by atoms with Crippen LogP contribution in [0.4, 0.5) is 4.79 Å². The van der Waals surface area contributed by atoms with Gasteiger partial charge in [-0.05, 0) is 69.4 Å². The molecule has 2 aromatic heterocycles. The summed E-state index contributed by atoms with van der Waals surface area (Å²) in [5.41, 5.74) is 12.1. The highest BCUT2D eigenvalue weighted by atomic mass is 16.6. The normalized spacial score (nSPS) is 15.3. The first-order chi connectivity index (χ1) is 18.7. The molecule has 7 nitrogen and oxygen atoms in total. The number of aromatic nitrogens is 2. The minimum atomic E-state index is -0.547. The Hall–Kier alpha value is -4.10. The summed E-state index contributed by atoms with van der Waals surface area (Å²) in [4.78, 5) is 22.4. The van der Waals surface area contributed by atoms with Crippen molar-refractivity contribution in [2.24, 2.45) is 5.73 Å². The molecule has 0 saturated heterocycles. The monoisotopic (exact) mass is 521 g/mol. The van der Waals surface area contributed by atoms with Crippen LogP contribution in [0.1, 0.15) is 57.2 Å². The van der Waals surface area contributed by atoms with E-state index in [1.54, 1.807) is 0 Å². The Morgan fingerprint density at radius 3 is 2.33 bits per heavy atom. The zero-order valence-corrected chi connectivity index (χ0v) is 22.7. The molecular weight excluding hydrogens is 486 g/mol. The van der Waals surface area contributed by atoms with Gasteiger partial charge in [0.25, 0.3) is 0 Å². The number of fused-ring (bicyclic) bond motifs is 1. The molecule has 1 aliphatic carbocycles. The van der Waals surface area contributed by atoms with Gasteiger partial charge in [0.1, 0.15) is 5.60 Å². The minimum absolute atomic E-state index is 0.227. The number of hydrogen-bond acceptors (Lipinski definition) is 6. The molecule has 2 aromatic carbocycles. The second-order valence-electron chi connectivity index (χ2n) is 11.2. The number of carbonyl (C=O) groups is 1. The molecule has 4 aromatic rings. The van der Waals surface area contributed by atoms with Crippen LogP contribution in [0.25, 0.3) is 33.4 Å². The fourth-order valence-corrected chi connectivity index (χ4v) is 5.07. The molecule has 0 radical (unpaired) electrons. The lowest BCUT2D eigenvalue weighted by atomic mass is 9.71. The van der Waals surface area contributed by atoms with Crippen molar-refractivity contribution in [2.45, 2.75) is 57.1 Å². The predicted molar refractivity (Wildman–Crippen MR) is 156 cm³/mol. The predicted octanol–water partition coefficient (Wildman–Crippen LogP) is 6.56. The molecule has 1 saturated carbocycles. The van der Waals surface area contributed by atoms with E-state index in [2.05, 4.69) is 47.8 Å². The van der Waals surface area contributed by atoms with E-state index in [1.807, 2.05) is 51.1 Å². The van der Waals surface area contributed by atoms with Gasteiger partial charge in [0.2, 0.25) is 0 Å². The van der Waals surface area contributed by atoms with Crippen LogP contribution in [-0.2, 0) is 10.3 Å². The van der Waals surface area contributed by atoms with E-state index in [1.165, 1.54) is 6.21 Å². The second kappa shape index (κ2) is 10.6. The van der Waals surface area contributed by atoms with Crippen LogP contribution in [0.3, 0.4) is 0 Å². The molecule has 7 heteroatoms. The smallest absolute Gasteiger partial charge is 0.408 e. The van der Waals surface area contributed by atoms with Gasteiger partial charge in [-0.25, -0.2) is 9.78 Å². The molecule has 2 heterocycles. The maximum Gasteiger partial charge on any atom is 0.408 e. The Labute approximate surface area is 229 Å². The number of nitrogens with zero attached hydrogens (tertiary/aromatic N) is 2. The number of amides is 1. The maximum atomic E-state index is 12.6. The number of hydrogen-bond donors (Lipinski definition) is 3. The molecular formula is C32H35N5O2. The van der Waals surface area contributed by atoms with Crippen LogP contribution in [0.2, 0.25) is 0 Å². The SMILES string of the molecule is CC(C)(C)OC(=O)NC1(c2ccc(-c3nc4ccc(C(C=N)CN)nc4cc3-c3ccccc3)cc2)CCC1. The fourth-order valence-electron chi connectivity index (χ4n) is 5.07. The van der Waals surface area contributed by atoms with E-state index in [9.17, 15) is 4.79 Å². The fraction of sp³-hybridized carbons (Fsp3) is 0.312. The van der Waals surface area contributed by atoms with E-state index >= 15 is 0 Å². The van der Waals surface area contributed by atoms with Crippen molar-refractivity contribution >= 4 is 23.3 Å². The topological polar surface area (TPSA) is 114 Å². The van der Waals surface area contributed by atoms with Crippen molar-refractivity contribution in [1.29, 1.82) is 5.41 Å². The molecule has 1 unspecified atom stereocenters. The largest absolute Gasteiger partial charge is 0.444 e. The van der Waals surface area contributed by atoms with Crippen LogP contribution in [0.5, 0.6) is 0 Å². The van der Waals surface area contributed by atoms with E-state index in [0.717, 1.165) is 63.9 Å². The van der Waals surface area contributed by atoms with Gasteiger partial charge in [-0.2, -0.15) is 0 Å². The zero-order chi connectivity index (χ0) is 27.6. The van der Waals surface area contributed by atoms with Crippen LogP contribution in [0.15, 0.2) is 72.8 Å². The van der Waals surface area contributed by atoms with Crippen LogP contribution >= 0.6 is 0 Å². The Kier molecular flexibility index (Phi) is 7.19. The van der Waals surface area contributed by atoms with Crippen molar-refractivity contribution in [3.63, 3.8) is 0 Å². The summed E-state index contributed by atoms with van der Waals surface area (Å²) in [6.45, 7) is 5.94. The van der Waals surface area contributed by atoms with Crippen LogP contribution in [0, 0.1) is 5.41 Å². The molecule has 0 spiro atoms. The number of ether oxygens (including phenoxy) is 1. The summed E-state index contributed by atoms with van der Waals surface area (Å²) in [6, 6.07) is 24.4. The first-order valence-electron chi connectivity index (χ1n) is 13.4. The van der Waals surface area contributed by atoms with Crippen molar-refractivity contribution in [2.75, 3.05) is 6.54 Å². The number of carbonyl (C=O) groups excluding carboxylic acids is 1. The number of nitrogens with one attached hydrogen (secondary N) is 2. The summed E-state index contributed by atoms with van der Waals surface area (Å²) < 4.78 is 5.54. The number of alkyl carbamates (subject to hydrolysis) is 1. The van der Waals surface area contributed by atoms with Gasteiger partial charge in [-0.3, -0.25) is 4.98 Å². The number of pyridine rings is 2. The Morgan fingerprint density at radius 2 is 1.74 bits per heavy atom. The average molecular weight is 522 g/mol. The lowest BCUT2D eigenvalue weighted by molar-refractivity contribution is 0.0377. The Balaban J connectivity index is 1.53. The highest BCUT2D eigenvalue weighted by molar-refractivity contribution is 5.90. The van der Waals surface area contributed by atoms with Gasteiger partial charge in [-0.1, -0.05) is 54.6 Å². The summed E-state index contributed by atoms with van der Waals surface area (Å²) in [5, 5.41) is 10.8. The first-order valence-corrected chi connectivity index (χ1v) is 13.4. The molecule has 39 heavy (non-hydrogen) atoms. The molecule has 4 N–H and O–H groups in total. The third kappa shape index (κ3) is 5.54. The lowest BCUT2D eigenvalue weighted by Gasteiger charge is -2.43. The average Bonchev–Trinajstić information content (AvgIpc) is 2.90. The summed E-state index contributed by atoms with van der Waals surface area (Å²) in [5.74, 6) is -0.227. The third-order valence-corrected chi connectivity index (χ3v) is 7.27. The molecule has 1 atom stereocenters. The standard InChI is InChI=1S/C32H35N5O2/c1-31(2,3)39-30(38)37-32(16-7-17-32)24-12-10-22(11-13-24)29-25(21-8-5-4-6-9-21)18-28-27(36-29)15-14-26(35-28)23(19-33)20-34/h4-6,8-15,18-19,23,33H,7,16-17,20,34H2,1-3H3,(H,37,38). The second-order valence-corrected chi connectivity index (χ2v) is 11.2. The first kappa shape index (κ1) is 26.5. The summed E-state index contributed by atoms with van der Waals surface area (Å²) >= 11 is 0. The van der Waals surface area contributed by atoms with Gasteiger partial charge in [0.15, 0.2) is 0 Å². The summed E-state index contributed by atoms with van der Waals surface area (Å²) in [7, 11) is 0. The van der Waals surface area contributed by atoms with E-state index < -0.39 is 11.1 Å². The molecule has 1 amide bonds. The highest BCUT2D eigenvalue weighted by Crippen LogP contribution is 2.42. The van der Waals surface area contributed by atoms with Crippen LogP contribution in [-0.4, -0.2) is 34.4 Å². The van der Waals surface area contributed by atoms with Gasteiger partial charge >= 0.3 is 6.09 Å². The lowest BCUT2D eigenvalue weighted by Crippen LogP contribution is -2.52. The molecule has 1 fully saturated rings. The molecule has 0 aliphatic heterocycles. The highest BCUT2D eigenvalue weighted by Gasteiger charge is 2.41. The van der Waals surface area contributed by atoms with E-state index in [4.69, 9.17) is 25.8 Å². The molecule has 200 valence electrons. The van der Waals surface area contributed by atoms with Crippen molar-refractivity contribution in [1.82, 2.24) is 15.3 Å². The van der Waals surface area contributed by atoms with Gasteiger partial charge in [0, 0.05) is 29.8 Å². The summed E-state index contributed by atoms with van der Waals surface area (Å²) in [6.07, 6.45) is 3.76. The minimum Gasteiger partial charge on any atom is -0.444 e. The number of rotatable bonds is 7. The van der Waals surface area contributed by atoms with Gasteiger partial charge < -0.3 is 21.2 Å². The van der Waals surface area contributed by atoms with Crippen molar-refractivity contribution in [3.05, 3.63) is 84.1 Å². The van der Waals surface area contributed by atoms with Gasteiger partial charge in [0.05, 0.1) is 28.0 Å². The molecule has 5 rings (SSSR count).